The third-order valence-electron chi connectivity index (χ3n) is 3.11. The van der Waals surface area contributed by atoms with Crippen molar-refractivity contribution in [2.75, 3.05) is 10.6 Å². The third-order valence-corrected chi connectivity index (χ3v) is 3.11. The van der Waals surface area contributed by atoms with Gasteiger partial charge in [-0.15, -0.1) is 12.4 Å². The number of hydrogen-bond acceptors (Lipinski definition) is 3. The highest BCUT2D eigenvalue weighted by Gasteiger charge is 2.27. The molecular weight excluding hydrogens is 316 g/mol. The molecule has 3 amide bonds. The number of anilines is 2. The Balaban J connectivity index is 0.00000484. The number of urea groups is 1. The summed E-state index contributed by atoms with van der Waals surface area (Å²) < 4.78 is 0. The summed E-state index contributed by atoms with van der Waals surface area (Å²) in [4.78, 5) is 23.7. The van der Waals surface area contributed by atoms with Gasteiger partial charge in [-0.2, -0.15) is 0 Å². The Hall–Kier alpha value is -1.79. The second-order valence-corrected chi connectivity index (χ2v) is 5.95. The molecule has 1 aromatic carbocycles. The smallest absolute Gasteiger partial charge is 0.319 e. The van der Waals surface area contributed by atoms with Gasteiger partial charge >= 0.3 is 6.03 Å². The first kappa shape index (κ1) is 21.2. The van der Waals surface area contributed by atoms with E-state index >= 15 is 0 Å². The van der Waals surface area contributed by atoms with Crippen LogP contribution in [0.4, 0.5) is 16.2 Å². The zero-order valence-corrected chi connectivity index (χ0v) is 14.9. The first-order chi connectivity index (χ1) is 10.2. The van der Waals surface area contributed by atoms with Gasteiger partial charge in [0.05, 0.1) is 5.54 Å². The van der Waals surface area contributed by atoms with E-state index in [0.717, 1.165) is 6.42 Å². The van der Waals surface area contributed by atoms with Crippen molar-refractivity contribution >= 4 is 35.7 Å². The van der Waals surface area contributed by atoms with Gasteiger partial charge in [-0.3, -0.25) is 4.79 Å². The maximum atomic E-state index is 12.1. The van der Waals surface area contributed by atoms with Crippen LogP contribution in [-0.4, -0.2) is 23.5 Å². The van der Waals surface area contributed by atoms with Gasteiger partial charge in [0, 0.05) is 17.4 Å². The van der Waals surface area contributed by atoms with Gasteiger partial charge in [0.2, 0.25) is 5.91 Å². The Kier molecular flexibility index (Phi) is 8.64. The molecular formula is C16H27ClN4O2. The highest BCUT2D eigenvalue weighted by Crippen LogP contribution is 2.16. The number of hydrogen-bond donors (Lipinski definition) is 4. The Morgan fingerprint density at radius 2 is 1.61 bits per heavy atom. The second kappa shape index (κ2) is 9.37. The van der Waals surface area contributed by atoms with E-state index in [1.165, 1.54) is 0 Å². The summed E-state index contributed by atoms with van der Waals surface area (Å²) in [6.07, 6.45) is 1.46. The quantitative estimate of drug-likeness (QED) is 0.639. The second-order valence-electron chi connectivity index (χ2n) is 5.95. The molecule has 0 saturated carbocycles. The van der Waals surface area contributed by atoms with Gasteiger partial charge in [0.15, 0.2) is 0 Å². The van der Waals surface area contributed by atoms with Crippen LogP contribution in [0.1, 0.15) is 40.5 Å². The fraction of sp³-hybridized carbons (Fsp3) is 0.500. The van der Waals surface area contributed by atoms with Gasteiger partial charge in [0.25, 0.3) is 0 Å². The molecule has 0 aromatic heterocycles. The van der Waals surface area contributed by atoms with Crippen LogP contribution >= 0.6 is 12.4 Å². The highest BCUT2D eigenvalue weighted by atomic mass is 35.5. The summed E-state index contributed by atoms with van der Waals surface area (Å²) in [6.45, 7) is 7.48. The van der Waals surface area contributed by atoms with Crippen molar-refractivity contribution in [1.29, 1.82) is 0 Å². The molecule has 1 aromatic rings. The minimum atomic E-state index is -0.886. The van der Waals surface area contributed by atoms with Crippen LogP contribution in [0.15, 0.2) is 24.3 Å². The van der Waals surface area contributed by atoms with Crippen LogP contribution in [0.2, 0.25) is 0 Å². The molecule has 7 heteroatoms. The molecule has 1 unspecified atom stereocenters. The van der Waals surface area contributed by atoms with E-state index in [2.05, 4.69) is 16.0 Å². The van der Waals surface area contributed by atoms with Crippen LogP contribution in [0.3, 0.4) is 0 Å². The number of halogens is 1. The molecule has 130 valence electrons. The Labute approximate surface area is 144 Å². The van der Waals surface area contributed by atoms with E-state index in [1.54, 1.807) is 31.2 Å². The molecule has 23 heavy (non-hydrogen) atoms. The topological polar surface area (TPSA) is 96.2 Å². The lowest BCUT2D eigenvalue weighted by Gasteiger charge is -2.22. The zero-order chi connectivity index (χ0) is 16.8. The summed E-state index contributed by atoms with van der Waals surface area (Å²) in [5.74, 6) is -0.215. The standard InChI is InChI=1S/C16H26N4O2.ClH/c1-5-10-16(4,17)14(21)19-12-6-8-13(9-7-12)20-15(22)18-11(2)3;/h6-9,11H,5,10,17H2,1-4H3,(H,19,21)(H2,18,20,22);1H. The van der Waals surface area contributed by atoms with Crippen molar-refractivity contribution in [3.05, 3.63) is 24.3 Å². The van der Waals surface area contributed by atoms with Crippen molar-refractivity contribution in [3.63, 3.8) is 0 Å². The molecule has 1 rings (SSSR count). The van der Waals surface area contributed by atoms with E-state index in [0.29, 0.717) is 17.8 Å². The molecule has 0 radical (unpaired) electrons. The van der Waals surface area contributed by atoms with E-state index in [9.17, 15) is 9.59 Å². The normalized spacial score (nSPS) is 12.8. The van der Waals surface area contributed by atoms with E-state index in [4.69, 9.17) is 5.73 Å². The van der Waals surface area contributed by atoms with Crippen molar-refractivity contribution in [2.24, 2.45) is 5.73 Å². The average molecular weight is 343 g/mol. The van der Waals surface area contributed by atoms with Gasteiger partial charge in [0.1, 0.15) is 0 Å². The van der Waals surface area contributed by atoms with Crippen LogP contribution < -0.4 is 21.7 Å². The molecule has 0 saturated heterocycles. The van der Waals surface area contributed by atoms with Crippen molar-refractivity contribution in [2.45, 2.75) is 52.1 Å². The predicted molar refractivity (Wildman–Crippen MR) is 97.1 cm³/mol. The molecule has 0 aliphatic rings. The lowest BCUT2D eigenvalue weighted by atomic mass is 9.96. The monoisotopic (exact) mass is 342 g/mol. The number of nitrogens with two attached hydrogens (primary N) is 1. The molecule has 6 nitrogen and oxygen atoms in total. The first-order valence-electron chi connectivity index (χ1n) is 7.52. The number of carbonyl (C=O) groups is 2. The lowest BCUT2D eigenvalue weighted by molar-refractivity contribution is -0.120. The van der Waals surface area contributed by atoms with E-state index < -0.39 is 5.54 Å². The van der Waals surface area contributed by atoms with Gasteiger partial charge in [-0.05, 0) is 51.5 Å². The molecule has 0 aliphatic heterocycles. The minimum Gasteiger partial charge on any atom is -0.336 e. The maximum Gasteiger partial charge on any atom is 0.319 e. The van der Waals surface area contributed by atoms with Crippen LogP contribution in [0, 0.1) is 0 Å². The number of benzene rings is 1. The Morgan fingerprint density at radius 1 is 1.13 bits per heavy atom. The van der Waals surface area contributed by atoms with Crippen molar-refractivity contribution < 1.29 is 9.59 Å². The molecule has 0 heterocycles. The first-order valence-corrected chi connectivity index (χ1v) is 7.52. The molecule has 5 N–H and O–H groups in total. The molecule has 0 spiro atoms. The van der Waals surface area contributed by atoms with Gasteiger partial charge < -0.3 is 21.7 Å². The number of rotatable bonds is 6. The number of carbonyl (C=O) groups excluding carboxylic acids is 2. The number of amides is 3. The number of nitrogens with one attached hydrogen (secondary N) is 3. The summed E-state index contributed by atoms with van der Waals surface area (Å²) in [5, 5.41) is 8.24. The fourth-order valence-corrected chi connectivity index (χ4v) is 1.97. The Morgan fingerprint density at radius 3 is 2.04 bits per heavy atom. The van der Waals surface area contributed by atoms with Crippen LogP contribution in [-0.2, 0) is 4.79 Å². The summed E-state index contributed by atoms with van der Waals surface area (Å²) in [6, 6.07) is 6.71. The van der Waals surface area contributed by atoms with Crippen LogP contribution in [0.25, 0.3) is 0 Å². The summed E-state index contributed by atoms with van der Waals surface area (Å²) in [5.41, 5.74) is 6.40. The molecule has 0 aliphatic carbocycles. The summed E-state index contributed by atoms with van der Waals surface area (Å²) >= 11 is 0. The lowest BCUT2D eigenvalue weighted by Crippen LogP contribution is -2.48. The van der Waals surface area contributed by atoms with Gasteiger partial charge in [-0.25, -0.2) is 4.79 Å². The average Bonchev–Trinajstić information content (AvgIpc) is 2.39. The van der Waals surface area contributed by atoms with E-state index in [1.807, 2.05) is 20.8 Å². The third kappa shape index (κ3) is 7.34. The molecule has 0 bridgehead atoms. The largest absolute Gasteiger partial charge is 0.336 e. The minimum absolute atomic E-state index is 0. The van der Waals surface area contributed by atoms with Gasteiger partial charge in [-0.1, -0.05) is 13.3 Å². The fourth-order valence-electron chi connectivity index (χ4n) is 1.97. The molecule has 1 atom stereocenters. The molecule has 0 fully saturated rings. The highest BCUT2D eigenvalue weighted by molar-refractivity contribution is 5.98. The SMILES string of the molecule is CCCC(C)(N)C(=O)Nc1ccc(NC(=O)NC(C)C)cc1.Cl. The van der Waals surface area contributed by atoms with Crippen molar-refractivity contribution in [1.82, 2.24) is 5.32 Å². The Bertz CT molecular complexity index is 515. The summed E-state index contributed by atoms with van der Waals surface area (Å²) in [7, 11) is 0. The van der Waals surface area contributed by atoms with Crippen LogP contribution in [0.5, 0.6) is 0 Å². The van der Waals surface area contributed by atoms with E-state index in [-0.39, 0.29) is 30.4 Å². The van der Waals surface area contributed by atoms with Crippen molar-refractivity contribution in [3.8, 4) is 0 Å². The predicted octanol–water partition coefficient (Wildman–Crippen LogP) is 3.09. The zero-order valence-electron chi connectivity index (χ0n) is 14.1. The maximum absolute atomic E-state index is 12.1.